The molecule has 0 atom stereocenters. The molecule has 0 aliphatic heterocycles. The molecule has 0 saturated carbocycles. The normalized spacial score (nSPS) is 10.6. The third kappa shape index (κ3) is 3.22. The number of hydrogen-bond acceptors (Lipinski definition) is 5. The Labute approximate surface area is 109 Å². The van der Waals surface area contributed by atoms with Gasteiger partial charge in [0.25, 0.3) is 0 Å². The fraction of sp³-hybridized carbons (Fsp3) is 0.308. The minimum absolute atomic E-state index is 0.0193. The van der Waals surface area contributed by atoms with E-state index in [1.807, 2.05) is 6.07 Å². The Balaban J connectivity index is 3.29. The molecule has 0 fully saturated rings. The van der Waals surface area contributed by atoms with Crippen molar-refractivity contribution in [2.24, 2.45) is 10.6 Å². The first-order chi connectivity index (χ1) is 8.81. The van der Waals surface area contributed by atoms with Crippen LogP contribution in [0.15, 0.2) is 23.4 Å². The molecule has 0 spiro atoms. The summed E-state index contributed by atoms with van der Waals surface area (Å²) in [6.45, 7) is 2.96. The zero-order chi connectivity index (χ0) is 14.6. The first-order valence-electron chi connectivity index (χ1n) is 5.46. The monoisotopic (exact) mass is 260 g/mol. The Morgan fingerprint density at radius 2 is 2.05 bits per heavy atom. The minimum Gasteiger partial charge on any atom is -0.481 e. The molecule has 0 unspecified atom stereocenters. The molecule has 1 rings (SSSR count). The number of carbonyl (C=O) groups excluding carboxylic acids is 1. The SMILES string of the molecule is CC(C)(CC(=O)O)C(=O)c1cc(N=O)ccc1C#N. The molecule has 1 aromatic rings. The maximum absolute atomic E-state index is 12.3. The van der Waals surface area contributed by atoms with Gasteiger partial charge in [0.1, 0.15) is 5.69 Å². The van der Waals surface area contributed by atoms with Gasteiger partial charge in [-0.2, -0.15) is 5.26 Å². The van der Waals surface area contributed by atoms with E-state index in [-0.39, 0.29) is 23.2 Å². The van der Waals surface area contributed by atoms with E-state index in [4.69, 9.17) is 10.4 Å². The lowest BCUT2D eigenvalue weighted by Crippen LogP contribution is -2.28. The zero-order valence-electron chi connectivity index (χ0n) is 10.5. The predicted octanol–water partition coefficient (Wildman–Crippen LogP) is 2.64. The lowest BCUT2D eigenvalue weighted by atomic mass is 9.80. The fourth-order valence-corrected chi connectivity index (χ4v) is 1.70. The average Bonchev–Trinajstić information content (AvgIpc) is 2.35. The standard InChI is InChI=1S/C13H12N2O4/c1-13(2,6-11(16)17)12(18)10-5-9(15-19)4-3-8(10)7-14/h3-5H,6H2,1-2H3,(H,16,17). The lowest BCUT2D eigenvalue weighted by molar-refractivity contribution is -0.138. The van der Waals surface area contributed by atoms with Crippen molar-refractivity contribution in [2.75, 3.05) is 0 Å². The van der Waals surface area contributed by atoms with Crippen LogP contribution in [0.1, 0.15) is 36.2 Å². The smallest absolute Gasteiger partial charge is 0.304 e. The summed E-state index contributed by atoms with van der Waals surface area (Å²) in [7, 11) is 0. The largest absolute Gasteiger partial charge is 0.481 e. The Bertz CT molecular complexity index is 585. The van der Waals surface area contributed by atoms with Crippen molar-refractivity contribution < 1.29 is 14.7 Å². The molecule has 1 aromatic carbocycles. The van der Waals surface area contributed by atoms with Crippen molar-refractivity contribution in [3.05, 3.63) is 34.2 Å². The van der Waals surface area contributed by atoms with E-state index < -0.39 is 17.2 Å². The Morgan fingerprint density at radius 3 is 2.53 bits per heavy atom. The van der Waals surface area contributed by atoms with Crippen LogP contribution in [0.2, 0.25) is 0 Å². The molecule has 0 aliphatic carbocycles. The summed E-state index contributed by atoms with van der Waals surface area (Å²) in [6, 6.07) is 5.69. The third-order valence-corrected chi connectivity index (χ3v) is 2.68. The van der Waals surface area contributed by atoms with Gasteiger partial charge >= 0.3 is 5.97 Å². The van der Waals surface area contributed by atoms with E-state index in [1.54, 1.807) is 0 Å². The molecule has 0 aromatic heterocycles. The summed E-state index contributed by atoms with van der Waals surface area (Å²) >= 11 is 0. The molecule has 0 radical (unpaired) electrons. The van der Waals surface area contributed by atoms with Crippen LogP contribution in [0.25, 0.3) is 0 Å². The van der Waals surface area contributed by atoms with Crippen LogP contribution in [0.4, 0.5) is 5.69 Å². The number of rotatable bonds is 5. The van der Waals surface area contributed by atoms with Crippen LogP contribution in [0, 0.1) is 21.7 Å². The molecular formula is C13H12N2O4. The van der Waals surface area contributed by atoms with Gasteiger partial charge in [0.05, 0.1) is 18.1 Å². The molecular weight excluding hydrogens is 248 g/mol. The number of aliphatic carboxylic acids is 1. The highest BCUT2D eigenvalue weighted by atomic mass is 16.4. The van der Waals surface area contributed by atoms with Crippen LogP contribution >= 0.6 is 0 Å². The summed E-state index contributed by atoms with van der Waals surface area (Å²) in [5, 5.41) is 20.4. The number of carbonyl (C=O) groups is 2. The first-order valence-corrected chi connectivity index (χ1v) is 5.46. The summed E-state index contributed by atoms with van der Waals surface area (Å²) in [6.07, 6.45) is -0.366. The number of ketones is 1. The van der Waals surface area contributed by atoms with E-state index in [0.29, 0.717) is 0 Å². The van der Waals surface area contributed by atoms with E-state index in [9.17, 15) is 14.5 Å². The maximum atomic E-state index is 12.3. The van der Waals surface area contributed by atoms with Crippen molar-refractivity contribution in [1.29, 1.82) is 5.26 Å². The van der Waals surface area contributed by atoms with Gasteiger partial charge in [0, 0.05) is 11.0 Å². The number of Topliss-reactive ketones (excluding diaryl/α,β-unsaturated/α-hetero) is 1. The van der Waals surface area contributed by atoms with Crippen molar-refractivity contribution in [3.8, 4) is 6.07 Å². The summed E-state index contributed by atoms with van der Waals surface area (Å²) in [4.78, 5) is 33.5. The number of carboxylic acid groups (broad SMARTS) is 1. The van der Waals surface area contributed by atoms with E-state index in [0.717, 1.165) is 0 Å². The van der Waals surface area contributed by atoms with Crippen LogP contribution < -0.4 is 0 Å². The first kappa shape index (κ1) is 14.5. The van der Waals surface area contributed by atoms with Crippen molar-refractivity contribution in [2.45, 2.75) is 20.3 Å². The van der Waals surface area contributed by atoms with Crippen LogP contribution in [0.3, 0.4) is 0 Å². The van der Waals surface area contributed by atoms with Gasteiger partial charge < -0.3 is 5.11 Å². The molecule has 98 valence electrons. The van der Waals surface area contributed by atoms with Crippen molar-refractivity contribution in [3.63, 3.8) is 0 Å². The number of hydrogen-bond donors (Lipinski definition) is 1. The number of benzene rings is 1. The second-order valence-corrected chi connectivity index (χ2v) is 4.72. The molecule has 0 aliphatic rings. The quantitative estimate of drug-likeness (QED) is 0.646. The molecule has 0 saturated heterocycles. The second kappa shape index (κ2) is 5.40. The molecule has 19 heavy (non-hydrogen) atoms. The van der Waals surface area contributed by atoms with Crippen molar-refractivity contribution >= 4 is 17.4 Å². The molecule has 6 heteroatoms. The average molecular weight is 260 g/mol. The molecule has 1 N–H and O–H groups in total. The van der Waals surface area contributed by atoms with Gasteiger partial charge in [-0.05, 0) is 23.4 Å². The molecule has 0 heterocycles. The zero-order valence-corrected chi connectivity index (χ0v) is 10.5. The maximum Gasteiger partial charge on any atom is 0.304 e. The van der Waals surface area contributed by atoms with Gasteiger partial charge in [-0.3, -0.25) is 9.59 Å². The highest BCUT2D eigenvalue weighted by molar-refractivity contribution is 6.04. The number of nitrogens with zero attached hydrogens (tertiary/aromatic N) is 2. The molecule has 0 amide bonds. The predicted molar refractivity (Wildman–Crippen MR) is 67.0 cm³/mol. The highest BCUT2D eigenvalue weighted by Crippen LogP contribution is 2.29. The van der Waals surface area contributed by atoms with Gasteiger partial charge in [-0.25, -0.2) is 0 Å². The van der Waals surface area contributed by atoms with Crippen LogP contribution in [-0.2, 0) is 4.79 Å². The van der Waals surface area contributed by atoms with Gasteiger partial charge in [0.15, 0.2) is 5.78 Å². The van der Waals surface area contributed by atoms with Crippen LogP contribution in [0.5, 0.6) is 0 Å². The fourth-order valence-electron chi connectivity index (χ4n) is 1.70. The molecule has 0 bridgehead atoms. The summed E-state index contributed by atoms with van der Waals surface area (Å²) in [5.74, 6) is -1.61. The summed E-state index contributed by atoms with van der Waals surface area (Å²) in [5.41, 5.74) is -1.03. The van der Waals surface area contributed by atoms with Gasteiger partial charge in [-0.15, -0.1) is 4.91 Å². The highest BCUT2D eigenvalue weighted by Gasteiger charge is 2.32. The van der Waals surface area contributed by atoms with Gasteiger partial charge in [0.2, 0.25) is 0 Å². The van der Waals surface area contributed by atoms with Crippen LogP contribution in [-0.4, -0.2) is 16.9 Å². The van der Waals surface area contributed by atoms with E-state index in [2.05, 4.69) is 5.18 Å². The Kier molecular flexibility index (Phi) is 4.12. The minimum atomic E-state index is -1.17. The number of nitriles is 1. The lowest BCUT2D eigenvalue weighted by Gasteiger charge is -2.21. The summed E-state index contributed by atoms with van der Waals surface area (Å²) < 4.78 is 0. The Hall–Kier alpha value is -2.55. The van der Waals surface area contributed by atoms with Crippen molar-refractivity contribution in [1.82, 2.24) is 0 Å². The number of nitroso groups, excluding NO2 is 1. The number of carboxylic acids is 1. The van der Waals surface area contributed by atoms with Gasteiger partial charge in [-0.1, -0.05) is 13.8 Å². The Morgan fingerprint density at radius 1 is 1.42 bits per heavy atom. The van der Waals surface area contributed by atoms with E-state index in [1.165, 1.54) is 32.0 Å². The topological polar surface area (TPSA) is 108 Å². The second-order valence-electron chi connectivity index (χ2n) is 4.72. The van der Waals surface area contributed by atoms with E-state index >= 15 is 0 Å². The third-order valence-electron chi connectivity index (χ3n) is 2.68. The molecule has 6 nitrogen and oxygen atoms in total.